The zero-order valence-corrected chi connectivity index (χ0v) is 14.5. The average molecular weight is 329 g/mol. The van der Waals surface area contributed by atoms with E-state index in [1.165, 1.54) is 44.5 Å². The number of likely N-dealkylation sites (tertiary alicyclic amines) is 2. The maximum atomic E-state index is 4.55. The van der Waals surface area contributed by atoms with Crippen LogP contribution in [0.15, 0.2) is 12.5 Å². The summed E-state index contributed by atoms with van der Waals surface area (Å²) in [6.07, 6.45) is 8.72. The summed E-state index contributed by atoms with van der Waals surface area (Å²) in [7, 11) is 2.13. The highest BCUT2D eigenvalue weighted by atomic mass is 15.3. The van der Waals surface area contributed by atoms with Crippen molar-refractivity contribution in [1.29, 1.82) is 0 Å². The molecule has 2 fully saturated rings. The van der Waals surface area contributed by atoms with E-state index in [2.05, 4.69) is 41.6 Å². The van der Waals surface area contributed by atoms with Gasteiger partial charge in [0, 0.05) is 37.9 Å². The first kappa shape index (κ1) is 15.8. The summed E-state index contributed by atoms with van der Waals surface area (Å²) < 4.78 is 2.24. The molecule has 0 aliphatic carbocycles. The number of hydrogen-bond acceptors (Lipinski definition) is 5. The van der Waals surface area contributed by atoms with Gasteiger partial charge in [0.05, 0.1) is 12.9 Å². The fraction of sp³-hybridized carbons (Fsp3) is 0.706. The van der Waals surface area contributed by atoms with Crippen LogP contribution in [0.4, 0.5) is 0 Å². The summed E-state index contributed by atoms with van der Waals surface area (Å²) in [5, 5.41) is 9.04. The predicted molar refractivity (Wildman–Crippen MR) is 91.4 cm³/mol. The van der Waals surface area contributed by atoms with E-state index in [0.717, 1.165) is 37.8 Å². The van der Waals surface area contributed by atoms with Gasteiger partial charge in [-0.05, 0) is 45.3 Å². The minimum absolute atomic E-state index is 0.478. The molecule has 2 aliphatic rings. The van der Waals surface area contributed by atoms with E-state index in [4.69, 9.17) is 0 Å². The smallest absolute Gasteiger partial charge is 0.146 e. The van der Waals surface area contributed by atoms with Crippen LogP contribution >= 0.6 is 0 Å². The highest BCUT2D eigenvalue weighted by Gasteiger charge is 2.26. The van der Waals surface area contributed by atoms with Gasteiger partial charge in [0.1, 0.15) is 11.6 Å². The van der Waals surface area contributed by atoms with E-state index in [1.807, 2.05) is 6.20 Å². The average Bonchev–Trinajstić information content (AvgIpc) is 3.33. The van der Waals surface area contributed by atoms with Crippen LogP contribution in [0.2, 0.25) is 0 Å². The molecule has 0 saturated carbocycles. The Bertz CT molecular complexity index is 642. The molecule has 2 aliphatic heterocycles. The van der Waals surface area contributed by atoms with Gasteiger partial charge in [-0.25, -0.2) is 4.98 Å². The van der Waals surface area contributed by atoms with E-state index in [0.29, 0.717) is 5.92 Å². The van der Waals surface area contributed by atoms with Gasteiger partial charge < -0.3 is 9.55 Å². The highest BCUT2D eigenvalue weighted by molar-refractivity contribution is 5.05. The van der Waals surface area contributed by atoms with Gasteiger partial charge in [-0.2, -0.15) is 0 Å². The maximum absolute atomic E-state index is 4.55. The number of rotatable bonds is 5. The van der Waals surface area contributed by atoms with E-state index >= 15 is 0 Å². The molecular weight excluding hydrogens is 302 g/mol. The molecule has 4 heterocycles. The lowest BCUT2D eigenvalue weighted by molar-refractivity contribution is 0.193. The molecule has 0 unspecified atom stereocenters. The van der Waals surface area contributed by atoms with E-state index in [1.54, 1.807) is 6.33 Å². The first-order chi connectivity index (χ1) is 11.8. The molecule has 7 nitrogen and oxygen atoms in total. The summed E-state index contributed by atoms with van der Waals surface area (Å²) in [5.41, 5.74) is 1.18. The predicted octanol–water partition coefficient (Wildman–Crippen LogP) is 1.51. The topological polar surface area (TPSA) is 65.9 Å². The molecule has 1 atom stereocenters. The summed E-state index contributed by atoms with van der Waals surface area (Å²) in [6.45, 7) is 6.47. The van der Waals surface area contributed by atoms with Crippen LogP contribution in [-0.2, 0) is 20.1 Å². The Morgan fingerprint density at radius 1 is 1.08 bits per heavy atom. The standard InChI is InChI=1S/C17H27N7/c1-22-16(12-23-6-2-3-7-23)20-21-17(22)14-5-4-8-24(10-14)11-15-9-18-13-19-15/h9,13-14H,2-8,10-12H2,1H3,(H,18,19)/t14-/m1/s1. The zero-order valence-electron chi connectivity index (χ0n) is 14.5. The Morgan fingerprint density at radius 3 is 2.71 bits per heavy atom. The molecule has 2 saturated heterocycles. The highest BCUT2D eigenvalue weighted by Crippen LogP contribution is 2.27. The Morgan fingerprint density at radius 2 is 1.92 bits per heavy atom. The van der Waals surface area contributed by atoms with Crippen LogP contribution in [0.1, 0.15) is 48.9 Å². The summed E-state index contributed by atoms with van der Waals surface area (Å²) in [6, 6.07) is 0. The van der Waals surface area contributed by atoms with Gasteiger partial charge in [-0.1, -0.05) is 0 Å². The van der Waals surface area contributed by atoms with Crippen molar-refractivity contribution in [3.05, 3.63) is 29.9 Å². The molecule has 24 heavy (non-hydrogen) atoms. The fourth-order valence-electron chi connectivity index (χ4n) is 4.03. The Kier molecular flexibility index (Phi) is 4.62. The molecule has 2 aromatic heterocycles. The molecular formula is C17H27N7. The number of aromatic nitrogens is 5. The second-order valence-corrected chi connectivity index (χ2v) is 7.17. The number of aromatic amines is 1. The van der Waals surface area contributed by atoms with Crippen molar-refractivity contribution in [2.45, 2.75) is 44.7 Å². The van der Waals surface area contributed by atoms with Gasteiger partial charge in [-0.3, -0.25) is 9.80 Å². The minimum Gasteiger partial charge on any atom is -0.347 e. The molecule has 130 valence electrons. The van der Waals surface area contributed by atoms with Crippen molar-refractivity contribution >= 4 is 0 Å². The first-order valence-corrected chi connectivity index (χ1v) is 9.10. The number of H-pyrrole nitrogens is 1. The van der Waals surface area contributed by atoms with Crippen molar-refractivity contribution in [2.75, 3.05) is 26.2 Å². The third-order valence-corrected chi connectivity index (χ3v) is 5.38. The molecule has 2 aromatic rings. The van der Waals surface area contributed by atoms with Crippen molar-refractivity contribution in [3.8, 4) is 0 Å². The van der Waals surface area contributed by atoms with Crippen LogP contribution in [0.3, 0.4) is 0 Å². The fourth-order valence-corrected chi connectivity index (χ4v) is 4.03. The Labute approximate surface area is 143 Å². The third kappa shape index (κ3) is 3.37. The van der Waals surface area contributed by atoms with Gasteiger partial charge in [0.15, 0.2) is 0 Å². The van der Waals surface area contributed by atoms with Gasteiger partial charge in [-0.15, -0.1) is 10.2 Å². The second kappa shape index (κ2) is 7.03. The van der Waals surface area contributed by atoms with Crippen LogP contribution < -0.4 is 0 Å². The van der Waals surface area contributed by atoms with E-state index < -0.39 is 0 Å². The number of piperidine rings is 1. The normalized spacial score (nSPS) is 23.1. The monoisotopic (exact) mass is 329 g/mol. The van der Waals surface area contributed by atoms with Crippen LogP contribution in [-0.4, -0.2) is 60.7 Å². The summed E-state index contributed by atoms with van der Waals surface area (Å²) in [5.74, 6) is 2.74. The summed E-state index contributed by atoms with van der Waals surface area (Å²) in [4.78, 5) is 12.3. The molecule has 0 aromatic carbocycles. The molecule has 0 bridgehead atoms. The molecule has 0 amide bonds. The molecule has 1 N–H and O–H groups in total. The van der Waals surface area contributed by atoms with E-state index in [-0.39, 0.29) is 0 Å². The Hall–Kier alpha value is -1.73. The van der Waals surface area contributed by atoms with Gasteiger partial charge in [0.25, 0.3) is 0 Å². The minimum atomic E-state index is 0.478. The SMILES string of the molecule is Cn1c(CN2CCCC2)nnc1[C@@H]1CCCN(Cc2cnc[nH]2)C1. The van der Waals surface area contributed by atoms with E-state index in [9.17, 15) is 0 Å². The van der Waals surface area contributed by atoms with Crippen molar-refractivity contribution in [1.82, 2.24) is 34.5 Å². The summed E-state index contributed by atoms with van der Waals surface area (Å²) >= 11 is 0. The number of nitrogens with one attached hydrogen (secondary N) is 1. The van der Waals surface area contributed by atoms with Gasteiger partial charge >= 0.3 is 0 Å². The second-order valence-electron chi connectivity index (χ2n) is 7.17. The molecule has 0 radical (unpaired) electrons. The lowest BCUT2D eigenvalue weighted by atomic mass is 9.97. The van der Waals surface area contributed by atoms with Crippen molar-refractivity contribution in [3.63, 3.8) is 0 Å². The van der Waals surface area contributed by atoms with Crippen LogP contribution in [0.5, 0.6) is 0 Å². The lowest BCUT2D eigenvalue weighted by Crippen LogP contribution is -2.35. The molecule has 0 spiro atoms. The number of imidazole rings is 1. The zero-order chi connectivity index (χ0) is 16.4. The molecule has 7 heteroatoms. The number of nitrogens with zero attached hydrogens (tertiary/aromatic N) is 6. The number of hydrogen-bond donors (Lipinski definition) is 1. The molecule has 4 rings (SSSR count). The van der Waals surface area contributed by atoms with Crippen LogP contribution in [0.25, 0.3) is 0 Å². The van der Waals surface area contributed by atoms with Gasteiger partial charge in [0.2, 0.25) is 0 Å². The third-order valence-electron chi connectivity index (χ3n) is 5.38. The van der Waals surface area contributed by atoms with Crippen LogP contribution in [0, 0.1) is 0 Å². The quantitative estimate of drug-likeness (QED) is 0.901. The largest absolute Gasteiger partial charge is 0.347 e. The lowest BCUT2D eigenvalue weighted by Gasteiger charge is -2.31. The first-order valence-electron chi connectivity index (χ1n) is 9.10. The maximum Gasteiger partial charge on any atom is 0.146 e. The Balaban J connectivity index is 1.42. The van der Waals surface area contributed by atoms with Crippen molar-refractivity contribution < 1.29 is 0 Å². The van der Waals surface area contributed by atoms with Crippen molar-refractivity contribution in [2.24, 2.45) is 7.05 Å².